The number of amides is 1. The molecule has 1 aliphatic heterocycles. The molecule has 1 amide bonds. The molecule has 0 aromatic rings. The lowest BCUT2D eigenvalue weighted by Crippen LogP contribution is -2.49. The molecule has 3 nitrogen and oxygen atoms in total. The highest BCUT2D eigenvalue weighted by atomic mass is 16.5. The van der Waals surface area contributed by atoms with Gasteiger partial charge < -0.3 is 9.64 Å². The molecule has 1 aliphatic rings. The number of carbonyl (C=O) groups is 1. The zero-order chi connectivity index (χ0) is 11.0. The highest BCUT2D eigenvalue weighted by Gasteiger charge is 2.41. The second kappa shape index (κ2) is 3.54. The first-order valence-corrected chi connectivity index (χ1v) is 5.21. The molecule has 1 rings (SSSR count). The van der Waals surface area contributed by atoms with Crippen LogP contribution in [0.3, 0.4) is 0 Å². The molecule has 0 aromatic carbocycles. The molecule has 1 heterocycles. The van der Waals surface area contributed by atoms with Crippen LogP contribution in [0, 0.1) is 5.41 Å². The van der Waals surface area contributed by atoms with Crippen molar-refractivity contribution < 1.29 is 9.53 Å². The number of nitrogens with zero attached hydrogens (tertiary/aromatic N) is 1. The van der Waals surface area contributed by atoms with E-state index in [9.17, 15) is 4.79 Å². The van der Waals surface area contributed by atoms with E-state index in [0.717, 1.165) is 6.42 Å². The van der Waals surface area contributed by atoms with E-state index < -0.39 is 0 Å². The molecular weight excluding hydrogens is 178 g/mol. The molecule has 0 bridgehead atoms. The van der Waals surface area contributed by atoms with Gasteiger partial charge in [-0.3, -0.25) is 4.79 Å². The molecule has 0 atom stereocenters. The second-order valence-electron chi connectivity index (χ2n) is 5.26. The van der Waals surface area contributed by atoms with Crippen molar-refractivity contribution in [1.29, 1.82) is 0 Å². The maximum atomic E-state index is 12.2. The van der Waals surface area contributed by atoms with Crippen LogP contribution in [0.1, 0.15) is 41.0 Å². The molecule has 82 valence electrons. The van der Waals surface area contributed by atoms with Crippen molar-refractivity contribution >= 4 is 5.91 Å². The maximum absolute atomic E-state index is 12.2. The minimum absolute atomic E-state index is 0.149. The SMILES string of the molecule is CCC(C)(C)C(=O)N1COCC1(C)C. The van der Waals surface area contributed by atoms with Crippen molar-refractivity contribution in [3.63, 3.8) is 0 Å². The average molecular weight is 199 g/mol. The Labute approximate surface area is 86.4 Å². The van der Waals surface area contributed by atoms with Crippen LogP contribution in [0.25, 0.3) is 0 Å². The first kappa shape index (κ1) is 11.5. The first-order chi connectivity index (χ1) is 6.31. The van der Waals surface area contributed by atoms with E-state index in [1.807, 2.05) is 39.5 Å². The van der Waals surface area contributed by atoms with E-state index in [4.69, 9.17) is 4.74 Å². The van der Waals surface area contributed by atoms with Gasteiger partial charge in [0.25, 0.3) is 0 Å². The van der Waals surface area contributed by atoms with Crippen molar-refractivity contribution in [3.05, 3.63) is 0 Å². The van der Waals surface area contributed by atoms with Gasteiger partial charge in [0.15, 0.2) is 0 Å². The molecule has 0 aliphatic carbocycles. The third-order valence-corrected chi connectivity index (χ3v) is 3.11. The predicted octanol–water partition coefficient (Wildman–Crippen LogP) is 2.02. The van der Waals surface area contributed by atoms with E-state index >= 15 is 0 Å². The van der Waals surface area contributed by atoms with Crippen LogP contribution < -0.4 is 0 Å². The lowest BCUT2D eigenvalue weighted by atomic mass is 9.87. The van der Waals surface area contributed by atoms with Crippen LogP contribution in [0.4, 0.5) is 0 Å². The third kappa shape index (κ3) is 1.92. The molecule has 0 N–H and O–H groups in total. The topological polar surface area (TPSA) is 29.5 Å². The average Bonchev–Trinajstić information content (AvgIpc) is 2.44. The first-order valence-electron chi connectivity index (χ1n) is 5.21. The normalized spacial score (nSPS) is 21.4. The number of carbonyl (C=O) groups excluding carboxylic acids is 1. The summed E-state index contributed by atoms with van der Waals surface area (Å²) in [5.74, 6) is 0.197. The van der Waals surface area contributed by atoms with Crippen LogP contribution in [0.5, 0.6) is 0 Å². The predicted molar refractivity (Wildman–Crippen MR) is 55.8 cm³/mol. The summed E-state index contributed by atoms with van der Waals surface area (Å²) in [5.41, 5.74) is -0.422. The summed E-state index contributed by atoms with van der Waals surface area (Å²) in [6.45, 7) is 11.2. The summed E-state index contributed by atoms with van der Waals surface area (Å²) >= 11 is 0. The van der Waals surface area contributed by atoms with Gasteiger partial charge in [-0.25, -0.2) is 0 Å². The Hall–Kier alpha value is -0.570. The Morgan fingerprint density at radius 1 is 1.50 bits per heavy atom. The quantitative estimate of drug-likeness (QED) is 0.681. The van der Waals surface area contributed by atoms with E-state index in [-0.39, 0.29) is 16.9 Å². The van der Waals surface area contributed by atoms with Crippen LogP contribution in [0.2, 0.25) is 0 Å². The van der Waals surface area contributed by atoms with Crippen molar-refractivity contribution in [3.8, 4) is 0 Å². The standard InChI is InChI=1S/C11H21NO2/c1-6-10(2,3)9(13)12-8-14-7-11(12,4)5/h6-8H2,1-5H3. The second-order valence-corrected chi connectivity index (χ2v) is 5.26. The minimum atomic E-state index is -0.273. The van der Waals surface area contributed by atoms with E-state index in [1.54, 1.807) is 0 Å². The summed E-state index contributed by atoms with van der Waals surface area (Å²) in [5, 5.41) is 0. The summed E-state index contributed by atoms with van der Waals surface area (Å²) < 4.78 is 5.34. The van der Waals surface area contributed by atoms with E-state index in [1.165, 1.54) is 0 Å². The summed E-state index contributed by atoms with van der Waals surface area (Å²) in [7, 11) is 0. The third-order valence-electron chi connectivity index (χ3n) is 3.11. The Balaban J connectivity index is 2.80. The molecule has 0 aromatic heterocycles. The van der Waals surface area contributed by atoms with E-state index in [0.29, 0.717) is 13.3 Å². The maximum Gasteiger partial charge on any atom is 0.230 e. The molecule has 1 saturated heterocycles. The number of ether oxygens (including phenoxy) is 1. The van der Waals surface area contributed by atoms with Gasteiger partial charge in [-0.15, -0.1) is 0 Å². The van der Waals surface area contributed by atoms with Crippen LogP contribution in [0.15, 0.2) is 0 Å². The zero-order valence-electron chi connectivity index (χ0n) is 9.89. The van der Waals surface area contributed by atoms with Crippen LogP contribution in [-0.4, -0.2) is 29.7 Å². The van der Waals surface area contributed by atoms with Gasteiger partial charge in [0.2, 0.25) is 5.91 Å². The molecule has 0 saturated carbocycles. The van der Waals surface area contributed by atoms with Crippen LogP contribution in [-0.2, 0) is 9.53 Å². The van der Waals surface area contributed by atoms with Crippen molar-refractivity contribution in [2.45, 2.75) is 46.6 Å². The molecule has 0 radical (unpaired) electrons. The lowest BCUT2D eigenvalue weighted by Gasteiger charge is -2.35. The lowest BCUT2D eigenvalue weighted by molar-refractivity contribution is -0.144. The monoisotopic (exact) mass is 199 g/mol. The van der Waals surface area contributed by atoms with E-state index in [2.05, 4.69) is 0 Å². The van der Waals surface area contributed by atoms with Crippen molar-refractivity contribution in [2.75, 3.05) is 13.3 Å². The fourth-order valence-electron chi connectivity index (χ4n) is 1.49. The van der Waals surface area contributed by atoms with Gasteiger partial charge in [-0.05, 0) is 20.3 Å². The molecule has 0 unspecified atom stereocenters. The molecule has 3 heteroatoms. The molecule has 14 heavy (non-hydrogen) atoms. The molecular formula is C11H21NO2. The van der Waals surface area contributed by atoms with Gasteiger partial charge in [0, 0.05) is 5.41 Å². The highest BCUT2D eigenvalue weighted by Crippen LogP contribution is 2.30. The van der Waals surface area contributed by atoms with Crippen LogP contribution >= 0.6 is 0 Å². The fraction of sp³-hybridized carbons (Fsp3) is 0.909. The fourth-order valence-corrected chi connectivity index (χ4v) is 1.49. The summed E-state index contributed by atoms with van der Waals surface area (Å²) in [6.07, 6.45) is 0.860. The molecule has 0 spiro atoms. The largest absolute Gasteiger partial charge is 0.359 e. The van der Waals surface area contributed by atoms with Crippen molar-refractivity contribution in [2.24, 2.45) is 5.41 Å². The van der Waals surface area contributed by atoms with Gasteiger partial charge in [-0.1, -0.05) is 20.8 Å². The summed E-state index contributed by atoms with van der Waals surface area (Å²) in [4.78, 5) is 14.0. The van der Waals surface area contributed by atoms with Gasteiger partial charge in [0.1, 0.15) is 6.73 Å². The Morgan fingerprint density at radius 2 is 2.07 bits per heavy atom. The van der Waals surface area contributed by atoms with Crippen molar-refractivity contribution in [1.82, 2.24) is 4.90 Å². The Kier molecular flexibility index (Phi) is 2.91. The van der Waals surface area contributed by atoms with Gasteiger partial charge in [0.05, 0.1) is 12.1 Å². The van der Waals surface area contributed by atoms with Gasteiger partial charge >= 0.3 is 0 Å². The Bertz CT molecular complexity index is 233. The van der Waals surface area contributed by atoms with Gasteiger partial charge in [-0.2, -0.15) is 0 Å². The number of hydrogen-bond donors (Lipinski definition) is 0. The smallest absolute Gasteiger partial charge is 0.230 e. The minimum Gasteiger partial charge on any atom is -0.359 e. The summed E-state index contributed by atoms with van der Waals surface area (Å²) in [6, 6.07) is 0. The number of hydrogen-bond acceptors (Lipinski definition) is 2. The zero-order valence-corrected chi connectivity index (χ0v) is 9.89. The Morgan fingerprint density at radius 3 is 2.43 bits per heavy atom. The molecule has 1 fully saturated rings. The highest BCUT2D eigenvalue weighted by molar-refractivity contribution is 5.82. The number of rotatable bonds is 2.